The molecule has 7 aromatic rings. The predicted molar refractivity (Wildman–Crippen MR) is 246 cm³/mol. The monoisotopic (exact) mass is 769 g/mol. The maximum Gasteiger partial charge on any atom is 0.157 e. The van der Waals surface area contributed by atoms with Gasteiger partial charge < -0.3 is 14.2 Å². The SMILES string of the molecule is CCCCC(B(Cc1ccc(OC)cc1)Cc1ccc(OC)cc1)c1ccc(OC)cc1.c1ccc([P+](c2ccccc2)(c2ccccc2)c2ccccc2)cc1. The van der Waals surface area contributed by atoms with Crippen molar-refractivity contribution in [3.63, 3.8) is 0 Å². The minimum Gasteiger partial charge on any atom is -0.497 e. The Kier molecular flexibility index (Phi) is 15.2. The Bertz CT molecular complexity index is 1950. The molecular formula is C52H55BO3P+. The average molecular weight is 770 g/mol. The summed E-state index contributed by atoms with van der Waals surface area (Å²) >= 11 is 0. The van der Waals surface area contributed by atoms with Crippen LogP contribution in [-0.2, 0) is 12.6 Å². The Hall–Kier alpha value is -5.57. The van der Waals surface area contributed by atoms with Gasteiger partial charge in [0.25, 0.3) is 0 Å². The highest BCUT2D eigenvalue weighted by atomic mass is 31.2. The topological polar surface area (TPSA) is 27.7 Å². The van der Waals surface area contributed by atoms with Gasteiger partial charge in [-0.1, -0.05) is 152 Å². The third-order valence-electron chi connectivity index (χ3n) is 10.9. The zero-order chi connectivity index (χ0) is 39.7. The molecule has 3 nitrogen and oxygen atoms in total. The second-order valence-corrected chi connectivity index (χ2v) is 17.8. The molecule has 0 aliphatic carbocycles. The second-order valence-electron chi connectivity index (χ2n) is 14.4. The summed E-state index contributed by atoms with van der Waals surface area (Å²) in [5.74, 6) is 3.19. The van der Waals surface area contributed by atoms with Crippen molar-refractivity contribution in [3.8, 4) is 17.2 Å². The first-order valence-corrected chi connectivity index (χ1v) is 21.9. The lowest BCUT2D eigenvalue weighted by Crippen LogP contribution is -2.38. The highest BCUT2D eigenvalue weighted by Crippen LogP contribution is 2.54. The number of rotatable bonds is 16. The predicted octanol–water partition coefficient (Wildman–Crippen LogP) is 10.9. The Morgan fingerprint density at radius 2 is 0.737 bits per heavy atom. The van der Waals surface area contributed by atoms with E-state index in [0.717, 1.165) is 29.9 Å². The zero-order valence-corrected chi connectivity index (χ0v) is 34.7. The summed E-state index contributed by atoms with van der Waals surface area (Å²) in [6.07, 6.45) is 5.65. The Morgan fingerprint density at radius 3 is 1.04 bits per heavy atom. The fourth-order valence-corrected chi connectivity index (χ4v) is 12.2. The Labute approximate surface area is 342 Å². The van der Waals surface area contributed by atoms with E-state index >= 15 is 0 Å². The molecule has 1 unspecified atom stereocenters. The maximum absolute atomic E-state index is 5.40. The Balaban J connectivity index is 0.000000198. The Morgan fingerprint density at radius 1 is 0.421 bits per heavy atom. The van der Waals surface area contributed by atoms with E-state index < -0.39 is 7.26 Å². The lowest BCUT2D eigenvalue weighted by molar-refractivity contribution is 0.414. The fourth-order valence-electron chi connectivity index (χ4n) is 7.94. The first kappa shape index (κ1) is 41.1. The van der Waals surface area contributed by atoms with Crippen molar-refractivity contribution < 1.29 is 14.2 Å². The summed E-state index contributed by atoms with van der Waals surface area (Å²) in [7, 11) is 3.24. The van der Waals surface area contributed by atoms with Gasteiger partial charge in [-0.2, -0.15) is 0 Å². The van der Waals surface area contributed by atoms with Crippen LogP contribution < -0.4 is 35.4 Å². The van der Waals surface area contributed by atoms with Crippen LogP contribution in [0, 0.1) is 0 Å². The van der Waals surface area contributed by atoms with Gasteiger partial charge >= 0.3 is 0 Å². The molecule has 0 aromatic heterocycles. The number of benzene rings is 7. The highest BCUT2D eigenvalue weighted by Gasteiger charge is 2.47. The normalized spacial score (nSPS) is 11.4. The minimum atomic E-state index is -1.91. The number of methoxy groups -OCH3 is 3. The third kappa shape index (κ3) is 10.4. The van der Waals surface area contributed by atoms with E-state index in [4.69, 9.17) is 14.2 Å². The average Bonchev–Trinajstić information content (AvgIpc) is 3.29. The van der Waals surface area contributed by atoms with Crippen molar-refractivity contribution in [1.82, 2.24) is 0 Å². The van der Waals surface area contributed by atoms with Crippen LogP contribution in [0.4, 0.5) is 0 Å². The van der Waals surface area contributed by atoms with Gasteiger partial charge in [0, 0.05) is 0 Å². The molecule has 57 heavy (non-hydrogen) atoms. The van der Waals surface area contributed by atoms with E-state index in [-0.39, 0.29) is 0 Å². The van der Waals surface area contributed by atoms with Crippen LogP contribution in [-0.4, -0.2) is 28.0 Å². The van der Waals surface area contributed by atoms with Gasteiger partial charge in [-0.3, -0.25) is 0 Å². The quantitative estimate of drug-likeness (QED) is 0.0724. The molecule has 0 saturated carbocycles. The molecule has 0 spiro atoms. The lowest BCUT2D eigenvalue weighted by atomic mass is 9.34. The lowest BCUT2D eigenvalue weighted by Gasteiger charge is -2.27. The molecule has 288 valence electrons. The fraction of sp³-hybridized carbons (Fsp3) is 0.192. The van der Waals surface area contributed by atoms with E-state index in [1.54, 1.807) is 21.3 Å². The molecule has 5 heteroatoms. The van der Waals surface area contributed by atoms with Crippen LogP contribution in [0.2, 0.25) is 0 Å². The summed E-state index contributed by atoms with van der Waals surface area (Å²) in [4.78, 5) is 0. The van der Waals surface area contributed by atoms with E-state index in [2.05, 4.69) is 201 Å². The number of hydrogen-bond donors (Lipinski definition) is 0. The van der Waals surface area contributed by atoms with Gasteiger partial charge in [0.05, 0.1) is 21.3 Å². The molecule has 7 rings (SSSR count). The third-order valence-corrected chi connectivity index (χ3v) is 15.2. The van der Waals surface area contributed by atoms with E-state index in [9.17, 15) is 0 Å². The van der Waals surface area contributed by atoms with Crippen LogP contribution in [0.3, 0.4) is 0 Å². The van der Waals surface area contributed by atoms with Crippen molar-refractivity contribution in [2.75, 3.05) is 21.3 Å². The maximum atomic E-state index is 5.40. The van der Waals surface area contributed by atoms with Crippen LogP contribution >= 0.6 is 7.26 Å². The van der Waals surface area contributed by atoms with Crippen molar-refractivity contribution in [3.05, 3.63) is 211 Å². The molecule has 0 bridgehead atoms. The first-order chi connectivity index (χ1) is 28.1. The summed E-state index contributed by atoms with van der Waals surface area (Å²) in [5, 5.41) is 5.55. The van der Waals surface area contributed by atoms with Crippen LogP contribution in [0.1, 0.15) is 48.7 Å². The summed E-state index contributed by atoms with van der Waals surface area (Å²) < 4.78 is 16.1. The molecule has 0 saturated heterocycles. The van der Waals surface area contributed by atoms with Gasteiger partial charge in [0.1, 0.15) is 45.7 Å². The van der Waals surface area contributed by atoms with E-state index in [1.165, 1.54) is 57.2 Å². The smallest absolute Gasteiger partial charge is 0.157 e. The molecule has 0 N–H and O–H groups in total. The largest absolute Gasteiger partial charge is 0.497 e. The molecular weight excluding hydrogens is 714 g/mol. The number of ether oxygens (including phenoxy) is 3. The molecule has 0 aliphatic rings. The van der Waals surface area contributed by atoms with Crippen LogP contribution in [0.25, 0.3) is 0 Å². The number of unbranched alkanes of at least 4 members (excludes halogenated alkanes) is 1. The van der Waals surface area contributed by atoms with Crippen molar-refractivity contribution >= 4 is 35.2 Å². The summed E-state index contributed by atoms with van der Waals surface area (Å²) in [6, 6.07) is 69.5. The van der Waals surface area contributed by atoms with Crippen LogP contribution in [0.5, 0.6) is 17.2 Å². The highest BCUT2D eigenvalue weighted by molar-refractivity contribution is 8.01. The minimum absolute atomic E-state index is 0.477. The zero-order valence-electron chi connectivity index (χ0n) is 33.8. The van der Waals surface area contributed by atoms with Gasteiger partial charge in [0.2, 0.25) is 0 Å². The van der Waals surface area contributed by atoms with E-state index in [1.807, 2.05) is 0 Å². The summed E-state index contributed by atoms with van der Waals surface area (Å²) in [5.41, 5.74) is 4.09. The summed E-state index contributed by atoms with van der Waals surface area (Å²) in [6.45, 7) is 2.75. The van der Waals surface area contributed by atoms with Gasteiger partial charge in [-0.05, 0) is 103 Å². The van der Waals surface area contributed by atoms with Crippen molar-refractivity contribution in [2.24, 2.45) is 0 Å². The van der Waals surface area contributed by atoms with Gasteiger partial charge in [0.15, 0.2) is 6.71 Å². The molecule has 0 amide bonds. The molecule has 1 atom stereocenters. The molecule has 0 fully saturated rings. The van der Waals surface area contributed by atoms with Gasteiger partial charge in [-0.25, -0.2) is 0 Å². The van der Waals surface area contributed by atoms with Crippen molar-refractivity contribution in [1.29, 1.82) is 0 Å². The standard InChI is InChI=1S/C28H35BO3.C24H20P/c1-5-6-7-28(24-12-18-27(32-4)19-13-24)29(20-22-8-14-25(30-2)15-9-22)21-23-10-16-26(31-3)17-11-23;1-5-13-21(14-6-1)25(22-15-7-2-8-16-22,23-17-9-3-10-18-23)24-19-11-4-12-20-24/h8-19,28H,5-7,20-21H2,1-4H3;1-20H/q;+1. The van der Waals surface area contributed by atoms with Crippen molar-refractivity contribution in [2.45, 2.75) is 44.6 Å². The van der Waals surface area contributed by atoms with Crippen LogP contribution in [0.15, 0.2) is 194 Å². The van der Waals surface area contributed by atoms with E-state index in [0.29, 0.717) is 12.5 Å². The molecule has 0 radical (unpaired) electrons. The molecule has 7 aromatic carbocycles. The molecule has 0 aliphatic heterocycles. The van der Waals surface area contributed by atoms with Gasteiger partial charge in [-0.15, -0.1) is 0 Å². The molecule has 0 heterocycles. The second kappa shape index (κ2) is 21.1. The first-order valence-electron chi connectivity index (χ1n) is 20.1. The number of hydrogen-bond acceptors (Lipinski definition) is 3.